The van der Waals surface area contributed by atoms with E-state index in [0.29, 0.717) is 5.82 Å². The third kappa shape index (κ3) is 2.65. The molecule has 6 heteroatoms. The number of nitrogens with zero attached hydrogens (tertiary/aromatic N) is 4. The van der Waals surface area contributed by atoms with Crippen molar-refractivity contribution in [2.24, 2.45) is 7.05 Å². The van der Waals surface area contributed by atoms with E-state index in [-0.39, 0.29) is 6.04 Å². The van der Waals surface area contributed by atoms with Crippen molar-refractivity contribution >= 4 is 5.69 Å². The minimum absolute atomic E-state index is 0.138. The second-order valence-electron chi connectivity index (χ2n) is 5.04. The molecule has 0 saturated carbocycles. The van der Waals surface area contributed by atoms with E-state index in [2.05, 4.69) is 32.5 Å². The lowest BCUT2D eigenvalue weighted by Crippen LogP contribution is -2.12. The smallest absolute Gasteiger partial charge is 0.183 e. The van der Waals surface area contributed by atoms with E-state index >= 15 is 0 Å². The summed E-state index contributed by atoms with van der Waals surface area (Å²) in [5.74, 6) is 1.51. The Kier molecular flexibility index (Phi) is 3.43. The van der Waals surface area contributed by atoms with Gasteiger partial charge in [0.05, 0.1) is 11.7 Å². The highest BCUT2D eigenvalue weighted by Gasteiger charge is 2.13. The van der Waals surface area contributed by atoms with Gasteiger partial charge >= 0.3 is 0 Å². The van der Waals surface area contributed by atoms with Crippen molar-refractivity contribution in [1.29, 1.82) is 0 Å². The van der Waals surface area contributed by atoms with Crippen LogP contribution in [0.1, 0.15) is 24.5 Å². The van der Waals surface area contributed by atoms with Gasteiger partial charge < -0.3 is 5.32 Å². The number of aromatic nitrogens is 5. The summed E-state index contributed by atoms with van der Waals surface area (Å²) in [7, 11) is 1.94. The predicted molar refractivity (Wildman–Crippen MR) is 81.8 cm³/mol. The minimum atomic E-state index is 0.138. The molecule has 0 amide bonds. The molecule has 3 aromatic rings. The summed E-state index contributed by atoms with van der Waals surface area (Å²) >= 11 is 0. The molecule has 0 spiro atoms. The van der Waals surface area contributed by atoms with Gasteiger partial charge in [-0.3, -0.25) is 9.78 Å². The molecular formula is C15H18N6. The van der Waals surface area contributed by atoms with Crippen LogP contribution >= 0.6 is 0 Å². The number of nitrogens with one attached hydrogen (secondary N) is 2. The van der Waals surface area contributed by atoms with Gasteiger partial charge in [-0.05, 0) is 32.0 Å². The van der Waals surface area contributed by atoms with Crippen molar-refractivity contribution in [3.05, 3.63) is 48.0 Å². The van der Waals surface area contributed by atoms with Gasteiger partial charge in [0.1, 0.15) is 5.82 Å². The van der Waals surface area contributed by atoms with Crippen LogP contribution in [0, 0.1) is 6.92 Å². The molecule has 1 aromatic carbocycles. The molecule has 0 bridgehead atoms. The molecule has 2 N–H and O–H groups in total. The summed E-state index contributed by atoms with van der Waals surface area (Å²) in [6.07, 6.45) is 1.80. The summed E-state index contributed by atoms with van der Waals surface area (Å²) in [4.78, 5) is 4.40. The highest BCUT2D eigenvalue weighted by atomic mass is 15.3. The second-order valence-corrected chi connectivity index (χ2v) is 5.04. The lowest BCUT2D eigenvalue weighted by molar-refractivity contribution is 0.676. The van der Waals surface area contributed by atoms with Crippen molar-refractivity contribution in [2.75, 3.05) is 5.32 Å². The molecule has 0 fully saturated rings. The highest BCUT2D eigenvalue weighted by Crippen LogP contribution is 2.28. The van der Waals surface area contributed by atoms with E-state index < -0.39 is 0 Å². The van der Waals surface area contributed by atoms with Crippen LogP contribution in [0.5, 0.6) is 0 Å². The van der Waals surface area contributed by atoms with Crippen molar-refractivity contribution in [3.63, 3.8) is 0 Å². The maximum atomic E-state index is 4.40. The molecule has 0 aliphatic carbocycles. The van der Waals surface area contributed by atoms with Gasteiger partial charge in [0.2, 0.25) is 0 Å². The van der Waals surface area contributed by atoms with Crippen LogP contribution in [0.2, 0.25) is 0 Å². The molecule has 3 rings (SSSR count). The number of rotatable bonds is 4. The van der Waals surface area contributed by atoms with Crippen LogP contribution in [0.4, 0.5) is 5.69 Å². The first-order valence-electron chi connectivity index (χ1n) is 6.88. The topological polar surface area (TPSA) is 71.4 Å². The van der Waals surface area contributed by atoms with Crippen molar-refractivity contribution in [1.82, 2.24) is 25.0 Å². The zero-order valence-corrected chi connectivity index (χ0v) is 12.3. The summed E-state index contributed by atoms with van der Waals surface area (Å²) in [6.45, 7) is 4.00. The first kappa shape index (κ1) is 13.4. The third-order valence-electron chi connectivity index (χ3n) is 3.44. The summed E-state index contributed by atoms with van der Waals surface area (Å²) in [5.41, 5.74) is 3.11. The Morgan fingerprint density at radius 3 is 2.71 bits per heavy atom. The van der Waals surface area contributed by atoms with E-state index in [0.717, 1.165) is 22.8 Å². The molecule has 2 heterocycles. The summed E-state index contributed by atoms with van der Waals surface area (Å²) in [5, 5.41) is 14.8. The zero-order chi connectivity index (χ0) is 14.8. The molecule has 0 saturated heterocycles. The van der Waals surface area contributed by atoms with Crippen molar-refractivity contribution in [3.8, 4) is 11.4 Å². The Morgan fingerprint density at radius 2 is 2.05 bits per heavy atom. The average molecular weight is 282 g/mol. The van der Waals surface area contributed by atoms with Crippen LogP contribution in [0.25, 0.3) is 11.4 Å². The molecule has 6 nitrogen and oxygen atoms in total. The van der Waals surface area contributed by atoms with E-state index in [1.165, 1.54) is 0 Å². The molecule has 1 atom stereocenters. The van der Waals surface area contributed by atoms with Gasteiger partial charge in [0.15, 0.2) is 5.82 Å². The van der Waals surface area contributed by atoms with E-state index in [4.69, 9.17) is 0 Å². The molecule has 1 unspecified atom stereocenters. The van der Waals surface area contributed by atoms with Gasteiger partial charge in [-0.1, -0.05) is 12.1 Å². The monoisotopic (exact) mass is 282 g/mol. The van der Waals surface area contributed by atoms with Crippen LogP contribution < -0.4 is 5.32 Å². The van der Waals surface area contributed by atoms with Gasteiger partial charge in [0, 0.05) is 24.5 Å². The van der Waals surface area contributed by atoms with E-state index in [9.17, 15) is 0 Å². The molecule has 108 valence electrons. The number of aromatic amines is 1. The van der Waals surface area contributed by atoms with Crippen molar-refractivity contribution in [2.45, 2.75) is 19.9 Å². The molecule has 0 aliphatic heterocycles. The van der Waals surface area contributed by atoms with E-state index in [1.807, 2.05) is 49.0 Å². The van der Waals surface area contributed by atoms with Gasteiger partial charge in [0.25, 0.3) is 0 Å². The third-order valence-corrected chi connectivity index (χ3v) is 3.44. The van der Waals surface area contributed by atoms with Gasteiger partial charge in [-0.15, -0.1) is 0 Å². The fraction of sp³-hybridized carbons (Fsp3) is 0.267. The molecule has 0 aliphatic rings. The lowest BCUT2D eigenvalue weighted by atomic mass is 10.1. The fourth-order valence-corrected chi connectivity index (χ4v) is 2.38. The molecular weight excluding hydrogens is 264 g/mol. The number of aryl methyl sites for hydroxylation is 2. The average Bonchev–Trinajstić information content (AvgIpc) is 3.08. The number of hydrogen-bond acceptors (Lipinski definition) is 4. The van der Waals surface area contributed by atoms with Gasteiger partial charge in [-0.2, -0.15) is 10.2 Å². The van der Waals surface area contributed by atoms with Crippen molar-refractivity contribution < 1.29 is 0 Å². The summed E-state index contributed by atoms with van der Waals surface area (Å²) < 4.78 is 1.87. The first-order valence-corrected chi connectivity index (χ1v) is 6.88. The first-order chi connectivity index (χ1) is 10.1. The number of anilines is 1. The quantitative estimate of drug-likeness (QED) is 0.771. The Morgan fingerprint density at radius 1 is 1.24 bits per heavy atom. The zero-order valence-electron chi connectivity index (χ0n) is 12.3. The maximum Gasteiger partial charge on any atom is 0.183 e. The highest BCUT2D eigenvalue weighted by molar-refractivity contribution is 5.73. The number of hydrogen-bond donors (Lipinski definition) is 2. The molecule has 21 heavy (non-hydrogen) atoms. The Hall–Kier alpha value is -2.63. The Balaban J connectivity index is 1.91. The van der Waals surface area contributed by atoms with E-state index in [1.54, 1.807) is 6.20 Å². The maximum absolute atomic E-state index is 4.40. The van der Waals surface area contributed by atoms with Crippen LogP contribution in [0.3, 0.4) is 0 Å². The SMILES string of the molecule is Cc1nc(-c2ccccc2NC(C)c2ccnn2C)n[nH]1. The largest absolute Gasteiger partial charge is 0.376 e. The molecule has 0 radical (unpaired) electrons. The number of para-hydroxylation sites is 1. The van der Waals surface area contributed by atoms with Gasteiger partial charge in [-0.25, -0.2) is 4.98 Å². The number of benzene rings is 1. The van der Waals surface area contributed by atoms with Crippen LogP contribution in [-0.2, 0) is 7.05 Å². The standard InChI is InChI=1S/C15H18N6/c1-10(14-8-9-16-21(14)3)17-13-7-5-4-6-12(13)15-18-11(2)19-20-15/h4-10,17H,1-3H3,(H,18,19,20). The number of H-pyrrole nitrogens is 1. The predicted octanol–water partition coefficient (Wildman–Crippen LogP) is 2.69. The van der Waals surface area contributed by atoms with Crippen LogP contribution in [0.15, 0.2) is 36.5 Å². The Bertz CT molecular complexity index is 742. The lowest BCUT2D eigenvalue weighted by Gasteiger charge is -2.17. The van der Waals surface area contributed by atoms with Crippen LogP contribution in [-0.4, -0.2) is 25.0 Å². The second kappa shape index (κ2) is 5.40. The summed E-state index contributed by atoms with van der Waals surface area (Å²) in [6, 6.07) is 10.2. The fourth-order valence-electron chi connectivity index (χ4n) is 2.38. The Labute approximate surface area is 123 Å². The minimum Gasteiger partial charge on any atom is -0.376 e. The normalized spacial score (nSPS) is 12.3. The molecule has 2 aromatic heterocycles.